The minimum atomic E-state index is -3.67. The van der Waals surface area contributed by atoms with Gasteiger partial charge in [-0.25, -0.2) is 0 Å². The van der Waals surface area contributed by atoms with Crippen molar-refractivity contribution in [1.29, 1.82) is 0 Å². The third-order valence-electron chi connectivity index (χ3n) is 0.408. The Bertz CT molecular complexity index is 47.6. The zero-order valence-electron chi connectivity index (χ0n) is 5.53. The molecule has 64 valence electrons. The predicted molar refractivity (Wildman–Crippen MR) is 48.3 cm³/mol. The summed E-state index contributed by atoms with van der Waals surface area (Å²) in [6.07, 6.45) is 0. The van der Waals surface area contributed by atoms with Crippen LogP contribution in [0.1, 0.15) is 13.8 Å². The Balaban J connectivity index is -0.0000000383. The Morgan fingerprint density at radius 1 is 1.09 bits per heavy atom. The third-order valence-corrected chi connectivity index (χ3v) is 0.408. The van der Waals surface area contributed by atoms with E-state index in [2.05, 4.69) is 0 Å². The Labute approximate surface area is 90.2 Å². The molecule has 0 heterocycles. The van der Waals surface area contributed by atoms with Gasteiger partial charge in [-0.2, -0.15) is 0 Å². The van der Waals surface area contributed by atoms with Gasteiger partial charge in [-0.15, -0.1) is 0 Å². The molecule has 0 aliphatic carbocycles. The first-order valence-corrected chi connectivity index (χ1v) is 2.65. The summed E-state index contributed by atoms with van der Waals surface area (Å²) in [6.45, 7) is 5.67. The molecule has 0 spiro atoms. The quantitative estimate of drug-likeness (QED) is 0.547. The average Bonchev–Trinajstić information content (AvgIpc) is 1.66. The molecular formula is C4H14B2F3NaO. The Kier molecular flexibility index (Phi) is 46.2. The van der Waals surface area contributed by atoms with Crippen molar-refractivity contribution in [3.63, 3.8) is 0 Å². The topological polar surface area (TPSA) is 9.23 Å². The summed E-state index contributed by atoms with van der Waals surface area (Å²) in [7, 11) is -3.67. The van der Waals surface area contributed by atoms with Crippen LogP contribution in [0, 0.1) is 0 Å². The molecule has 0 fully saturated rings. The molecule has 0 aromatic rings. The summed E-state index contributed by atoms with van der Waals surface area (Å²) in [4.78, 5) is 0. The number of ether oxygens (including phenoxy) is 1. The van der Waals surface area contributed by atoms with Gasteiger partial charge in [0.2, 0.25) is 0 Å². The molecule has 0 atom stereocenters. The molecule has 0 N–H and O–H groups in total. The van der Waals surface area contributed by atoms with Crippen molar-refractivity contribution in [1.82, 2.24) is 0 Å². The molecule has 0 aromatic carbocycles. The second kappa shape index (κ2) is 22.4. The molecule has 11 heavy (non-hydrogen) atoms. The fourth-order valence-electron chi connectivity index (χ4n) is 0.204. The minimum absolute atomic E-state index is 0. The van der Waals surface area contributed by atoms with E-state index in [1.165, 1.54) is 0 Å². The van der Waals surface area contributed by atoms with Gasteiger partial charge in [0.25, 0.3) is 0 Å². The maximum atomic E-state index is 9.67. The molecule has 0 unspecified atom stereocenters. The normalized spacial score (nSPS) is 6.27. The first-order valence-electron chi connectivity index (χ1n) is 2.65. The van der Waals surface area contributed by atoms with Crippen LogP contribution in [0.25, 0.3) is 0 Å². The molecule has 7 heteroatoms. The van der Waals surface area contributed by atoms with Crippen molar-refractivity contribution < 1.29 is 17.7 Å². The summed E-state index contributed by atoms with van der Waals surface area (Å²) in [6, 6.07) is 0. The van der Waals surface area contributed by atoms with Crippen molar-refractivity contribution >= 4 is 45.5 Å². The summed E-state index contributed by atoms with van der Waals surface area (Å²) in [5.74, 6) is 0. The van der Waals surface area contributed by atoms with Crippen LogP contribution in [-0.2, 0) is 4.74 Å². The molecule has 1 nitrogen and oxygen atoms in total. The summed E-state index contributed by atoms with van der Waals surface area (Å²) < 4.78 is 33.8. The molecule has 0 rings (SSSR count). The van der Waals surface area contributed by atoms with Gasteiger partial charge in [0.15, 0.2) is 0 Å². The molecule has 0 radical (unpaired) electrons. The fourth-order valence-corrected chi connectivity index (χ4v) is 0.204. The molecule has 0 aliphatic rings. The van der Waals surface area contributed by atoms with Gasteiger partial charge < -0.3 is 4.74 Å². The number of rotatable bonds is 2. The number of hydrogen-bond donors (Lipinski definition) is 0. The van der Waals surface area contributed by atoms with Gasteiger partial charge in [-0.05, 0) is 13.8 Å². The van der Waals surface area contributed by atoms with E-state index in [0.29, 0.717) is 0 Å². The average molecular weight is 180 g/mol. The summed E-state index contributed by atoms with van der Waals surface area (Å²) in [5.41, 5.74) is 0. The van der Waals surface area contributed by atoms with Crippen LogP contribution in [0.2, 0.25) is 0 Å². The maximum absolute atomic E-state index is 9.67. The fraction of sp³-hybridized carbons (Fsp3) is 1.00. The molecule has 0 bridgehead atoms. The molecular weight excluding hydrogens is 166 g/mol. The van der Waals surface area contributed by atoms with Gasteiger partial charge in [0.1, 0.15) is 0 Å². The second-order valence-electron chi connectivity index (χ2n) is 1.03. The first-order chi connectivity index (χ1) is 4.15. The van der Waals surface area contributed by atoms with Gasteiger partial charge in [-0.3, -0.25) is 12.9 Å². The van der Waals surface area contributed by atoms with E-state index in [-0.39, 0.29) is 38.0 Å². The van der Waals surface area contributed by atoms with E-state index in [1.54, 1.807) is 0 Å². The van der Waals surface area contributed by atoms with Crippen LogP contribution < -0.4 is 0 Å². The van der Waals surface area contributed by atoms with Gasteiger partial charge >= 0.3 is 37.1 Å². The van der Waals surface area contributed by atoms with Crippen molar-refractivity contribution in [2.24, 2.45) is 0 Å². The van der Waals surface area contributed by atoms with E-state index in [1.807, 2.05) is 13.8 Å². The zero-order valence-corrected chi connectivity index (χ0v) is 5.53. The van der Waals surface area contributed by atoms with E-state index in [0.717, 1.165) is 13.2 Å². The van der Waals surface area contributed by atoms with Crippen molar-refractivity contribution in [3.05, 3.63) is 0 Å². The second-order valence-corrected chi connectivity index (χ2v) is 1.03. The SMILES string of the molecule is B.CCOCC.FB(F)F.[NaH]. The Morgan fingerprint density at radius 2 is 1.27 bits per heavy atom. The van der Waals surface area contributed by atoms with Crippen LogP contribution in [0.15, 0.2) is 0 Å². The first kappa shape index (κ1) is 22.6. The van der Waals surface area contributed by atoms with Crippen molar-refractivity contribution in [2.75, 3.05) is 13.2 Å². The standard InChI is InChI=1S/C4H10O.BF3.BH3.Na.H/c1-3-5-4-2;2-1(3)4;;;/h3-4H2,1-2H3;;1H3;;. The van der Waals surface area contributed by atoms with Gasteiger partial charge in [0, 0.05) is 13.2 Å². The number of halogens is 3. The van der Waals surface area contributed by atoms with E-state index < -0.39 is 7.54 Å². The molecule has 0 saturated carbocycles. The molecule has 0 saturated heterocycles. The summed E-state index contributed by atoms with van der Waals surface area (Å²) >= 11 is 0. The third kappa shape index (κ3) is 103. The Hall–Kier alpha value is 0.880. The predicted octanol–water partition coefficient (Wildman–Crippen LogP) is 0.0902. The zero-order chi connectivity index (χ0) is 7.70. The van der Waals surface area contributed by atoms with Crippen LogP contribution in [0.5, 0.6) is 0 Å². The van der Waals surface area contributed by atoms with Crippen LogP contribution >= 0.6 is 0 Å². The van der Waals surface area contributed by atoms with Crippen LogP contribution in [0.4, 0.5) is 12.9 Å². The van der Waals surface area contributed by atoms with E-state index in [9.17, 15) is 12.9 Å². The van der Waals surface area contributed by atoms with Crippen LogP contribution in [-0.4, -0.2) is 58.7 Å². The molecule has 0 aromatic heterocycles. The van der Waals surface area contributed by atoms with E-state index in [4.69, 9.17) is 4.74 Å². The molecule has 0 amide bonds. The van der Waals surface area contributed by atoms with Crippen LogP contribution in [0.3, 0.4) is 0 Å². The van der Waals surface area contributed by atoms with Gasteiger partial charge in [0.05, 0.1) is 8.41 Å². The Morgan fingerprint density at radius 3 is 1.27 bits per heavy atom. The summed E-state index contributed by atoms with van der Waals surface area (Å²) in [5, 5.41) is 0. The molecule has 0 aliphatic heterocycles. The van der Waals surface area contributed by atoms with Crippen molar-refractivity contribution in [3.8, 4) is 0 Å². The number of hydrogen-bond acceptors (Lipinski definition) is 1. The van der Waals surface area contributed by atoms with E-state index >= 15 is 0 Å². The van der Waals surface area contributed by atoms with Gasteiger partial charge in [-0.1, -0.05) is 0 Å². The van der Waals surface area contributed by atoms with Crippen molar-refractivity contribution in [2.45, 2.75) is 13.8 Å². The monoisotopic (exact) mass is 180 g/mol.